The predicted octanol–water partition coefficient (Wildman–Crippen LogP) is 4.64. The van der Waals surface area contributed by atoms with Gasteiger partial charge in [-0.2, -0.15) is 0 Å². The molecular weight excluding hydrogens is 399 g/mol. The molecule has 1 fully saturated rings. The SMILES string of the molecule is CC(Oc1ccc(Cl)cc1Cl)C(=O)N1CCC(C(=O)Nc2ccccc2)CC1. The number of likely N-dealkylation sites (tertiary alicyclic amines) is 1. The number of halogens is 2. The Morgan fingerprint density at radius 3 is 2.43 bits per heavy atom. The standard InChI is InChI=1S/C21H22Cl2N2O3/c1-14(28-19-8-7-16(22)13-18(19)23)21(27)25-11-9-15(10-12-25)20(26)24-17-5-3-2-4-6-17/h2-8,13-15H,9-12H2,1H3,(H,24,26). The Kier molecular flexibility index (Phi) is 6.81. The average molecular weight is 421 g/mol. The summed E-state index contributed by atoms with van der Waals surface area (Å²) in [6.45, 7) is 2.74. The molecule has 5 nitrogen and oxygen atoms in total. The molecule has 0 radical (unpaired) electrons. The smallest absolute Gasteiger partial charge is 0.263 e. The van der Waals surface area contributed by atoms with Crippen molar-refractivity contribution in [1.29, 1.82) is 0 Å². The number of rotatable bonds is 5. The van der Waals surface area contributed by atoms with E-state index >= 15 is 0 Å². The van der Waals surface area contributed by atoms with Gasteiger partial charge in [0.25, 0.3) is 5.91 Å². The molecule has 2 aromatic rings. The van der Waals surface area contributed by atoms with E-state index < -0.39 is 6.10 Å². The van der Waals surface area contributed by atoms with Crippen LogP contribution >= 0.6 is 23.2 Å². The molecule has 0 aromatic heterocycles. The lowest BCUT2D eigenvalue weighted by molar-refractivity contribution is -0.140. The van der Waals surface area contributed by atoms with Gasteiger partial charge < -0.3 is 15.0 Å². The Morgan fingerprint density at radius 2 is 1.79 bits per heavy atom. The van der Waals surface area contributed by atoms with E-state index in [4.69, 9.17) is 27.9 Å². The summed E-state index contributed by atoms with van der Waals surface area (Å²) in [5.74, 6) is 0.193. The zero-order valence-corrected chi connectivity index (χ0v) is 17.0. The molecule has 1 N–H and O–H groups in total. The number of amides is 2. The first kappa shape index (κ1) is 20.5. The Hall–Kier alpha value is -2.24. The van der Waals surface area contributed by atoms with Gasteiger partial charge in [-0.25, -0.2) is 0 Å². The minimum Gasteiger partial charge on any atom is -0.479 e. The van der Waals surface area contributed by atoms with Gasteiger partial charge in [0.05, 0.1) is 5.02 Å². The van der Waals surface area contributed by atoms with Crippen LogP contribution in [0.3, 0.4) is 0 Å². The van der Waals surface area contributed by atoms with Gasteiger partial charge in [0.2, 0.25) is 5.91 Å². The first-order chi connectivity index (χ1) is 13.4. The molecule has 28 heavy (non-hydrogen) atoms. The number of piperidine rings is 1. The third kappa shape index (κ3) is 5.18. The second-order valence-electron chi connectivity index (χ2n) is 6.79. The van der Waals surface area contributed by atoms with Gasteiger partial charge in [-0.3, -0.25) is 9.59 Å². The quantitative estimate of drug-likeness (QED) is 0.766. The van der Waals surface area contributed by atoms with E-state index in [1.807, 2.05) is 30.3 Å². The molecule has 0 spiro atoms. The molecule has 0 saturated carbocycles. The third-order valence-corrected chi connectivity index (χ3v) is 5.29. The lowest BCUT2D eigenvalue weighted by Gasteiger charge is -2.33. The van der Waals surface area contributed by atoms with Crippen LogP contribution < -0.4 is 10.1 Å². The average Bonchev–Trinajstić information content (AvgIpc) is 2.70. The fourth-order valence-electron chi connectivity index (χ4n) is 3.20. The number of carbonyl (C=O) groups is 2. The minimum atomic E-state index is -0.673. The highest BCUT2D eigenvalue weighted by molar-refractivity contribution is 6.35. The molecule has 7 heteroatoms. The lowest BCUT2D eigenvalue weighted by Crippen LogP contribution is -2.46. The lowest BCUT2D eigenvalue weighted by atomic mass is 9.95. The third-order valence-electron chi connectivity index (χ3n) is 4.76. The van der Waals surface area contributed by atoms with E-state index in [0.717, 1.165) is 5.69 Å². The summed E-state index contributed by atoms with van der Waals surface area (Å²) in [5.41, 5.74) is 0.785. The van der Waals surface area contributed by atoms with Crippen LogP contribution in [0.1, 0.15) is 19.8 Å². The Balaban J connectivity index is 1.51. The number of anilines is 1. The van der Waals surface area contributed by atoms with Gasteiger partial charge in [-0.05, 0) is 50.1 Å². The van der Waals surface area contributed by atoms with Gasteiger partial charge >= 0.3 is 0 Å². The molecule has 0 aliphatic carbocycles. The van der Waals surface area contributed by atoms with Crippen LogP contribution in [0.2, 0.25) is 10.0 Å². The van der Waals surface area contributed by atoms with Crippen molar-refractivity contribution in [2.75, 3.05) is 18.4 Å². The zero-order chi connectivity index (χ0) is 20.1. The van der Waals surface area contributed by atoms with Crippen molar-refractivity contribution in [3.63, 3.8) is 0 Å². The van der Waals surface area contributed by atoms with E-state index in [0.29, 0.717) is 41.7 Å². The van der Waals surface area contributed by atoms with Crippen molar-refractivity contribution in [2.45, 2.75) is 25.9 Å². The molecule has 1 heterocycles. The summed E-state index contributed by atoms with van der Waals surface area (Å²) in [6, 6.07) is 14.3. The van der Waals surface area contributed by atoms with Crippen molar-refractivity contribution >= 4 is 40.7 Å². The van der Waals surface area contributed by atoms with Crippen molar-refractivity contribution in [1.82, 2.24) is 4.90 Å². The topological polar surface area (TPSA) is 58.6 Å². The second kappa shape index (κ2) is 9.30. The highest BCUT2D eigenvalue weighted by Crippen LogP contribution is 2.29. The van der Waals surface area contributed by atoms with Crippen molar-refractivity contribution in [3.05, 3.63) is 58.6 Å². The van der Waals surface area contributed by atoms with E-state index in [1.54, 1.807) is 30.0 Å². The predicted molar refractivity (Wildman–Crippen MR) is 111 cm³/mol. The highest BCUT2D eigenvalue weighted by atomic mass is 35.5. The molecule has 2 aromatic carbocycles. The van der Waals surface area contributed by atoms with Crippen LogP contribution in [0.4, 0.5) is 5.69 Å². The van der Waals surface area contributed by atoms with Gasteiger partial charge in [-0.15, -0.1) is 0 Å². The van der Waals surface area contributed by atoms with Gasteiger partial charge in [0.15, 0.2) is 6.10 Å². The van der Waals surface area contributed by atoms with E-state index in [1.165, 1.54) is 0 Å². The number of carbonyl (C=O) groups excluding carboxylic acids is 2. The van der Waals surface area contributed by atoms with Crippen molar-refractivity contribution in [2.24, 2.45) is 5.92 Å². The summed E-state index contributed by atoms with van der Waals surface area (Å²) in [6.07, 6.45) is 0.575. The van der Waals surface area contributed by atoms with Crippen LogP contribution in [0.5, 0.6) is 5.75 Å². The monoisotopic (exact) mass is 420 g/mol. The molecule has 1 unspecified atom stereocenters. The van der Waals surface area contributed by atoms with Gasteiger partial charge in [0, 0.05) is 29.7 Å². The molecule has 148 valence electrons. The zero-order valence-electron chi connectivity index (χ0n) is 15.5. The number of nitrogens with one attached hydrogen (secondary N) is 1. The van der Waals surface area contributed by atoms with E-state index in [-0.39, 0.29) is 17.7 Å². The van der Waals surface area contributed by atoms with Crippen LogP contribution in [-0.2, 0) is 9.59 Å². The van der Waals surface area contributed by atoms with E-state index in [2.05, 4.69) is 5.32 Å². The maximum atomic E-state index is 12.7. The highest BCUT2D eigenvalue weighted by Gasteiger charge is 2.30. The maximum Gasteiger partial charge on any atom is 0.263 e. The van der Waals surface area contributed by atoms with Crippen LogP contribution in [0.15, 0.2) is 48.5 Å². The fourth-order valence-corrected chi connectivity index (χ4v) is 3.65. The second-order valence-corrected chi connectivity index (χ2v) is 7.63. The number of benzene rings is 2. The first-order valence-corrected chi connectivity index (χ1v) is 9.96. The van der Waals surface area contributed by atoms with Crippen molar-refractivity contribution in [3.8, 4) is 5.75 Å². The maximum absolute atomic E-state index is 12.7. The summed E-state index contributed by atoms with van der Waals surface area (Å²) in [4.78, 5) is 26.8. The summed E-state index contributed by atoms with van der Waals surface area (Å²) in [5, 5.41) is 3.80. The molecule has 2 amide bonds. The van der Waals surface area contributed by atoms with Gasteiger partial charge in [-0.1, -0.05) is 41.4 Å². The Morgan fingerprint density at radius 1 is 1.11 bits per heavy atom. The summed E-state index contributed by atoms with van der Waals surface area (Å²) < 4.78 is 5.71. The summed E-state index contributed by atoms with van der Waals surface area (Å²) in [7, 11) is 0. The Labute approximate surface area is 174 Å². The number of nitrogens with zero attached hydrogens (tertiary/aromatic N) is 1. The van der Waals surface area contributed by atoms with Gasteiger partial charge in [0.1, 0.15) is 5.75 Å². The van der Waals surface area contributed by atoms with Crippen LogP contribution in [0, 0.1) is 5.92 Å². The van der Waals surface area contributed by atoms with Crippen LogP contribution in [0.25, 0.3) is 0 Å². The largest absolute Gasteiger partial charge is 0.479 e. The molecule has 1 aliphatic heterocycles. The fraction of sp³-hybridized carbons (Fsp3) is 0.333. The Bertz CT molecular complexity index is 837. The molecule has 3 rings (SSSR count). The minimum absolute atomic E-state index is 0.00413. The molecule has 1 saturated heterocycles. The molecular formula is C21H22Cl2N2O3. The number of hydrogen-bond acceptors (Lipinski definition) is 3. The molecule has 1 aliphatic rings. The molecule has 0 bridgehead atoms. The van der Waals surface area contributed by atoms with E-state index in [9.17, 15) is 9.59 Å². The normalized spacial score (nSPS) is 15.8. The van der Waals surface area contributed by atoms with Crippen molar-refractivity contribution < 1.29 is 14.3 Å². The number of ether oxygens (including phenoxy) is 1. The molecule has 1 atom stereocenters. The number of para-hydroxylation sites is 1. The first-order valence-electron chi connectivity index (χ1n) is 9.20. The van der Waals surface area contributed by atoms with Crippen LogP contribution in [-0.4, -0.2) is 35.9 Å². The summed E-state index contributed by atoms with van der Waals surface area (Å²) >= 11 is 12.0. The number of hydrogen-bond donors (Lipinski definition) is 1.